The Morgan fingerprint density at radius 3 is 2.62 bits per heavy atom. The molecule has 1 fully saturated rings. The summed E-state index contributed by atoms with van der Waals surface area (Å²) < 4.78 is 7.78. The first-order chi connectivity index (χ1) is 14.1. The first kappa shape index (κ1) is 19.1. The summed E-state index contributed by atoms with van der Waals surface area (Å²) in [6.45, 7) is 1.43. The molecule has 4 rings (SSSR count). The van der Waals surface area contributed by atoms with E-state index >= 15 is 0 Å². The van der Waals surface area contributed by atoms with Crippen molar-refractivity contribution >= 4 is 23.3 Å². The van der Waals surface area contributed by atoms with Crippen LogP contribution in [0.3, 0.4) is 0 Å². The molecule has 0 bridgehead atoms. The highest BCUT2D eigenvalue weighted by Gasteiger charge is 2.25. The number of methoxy groups -OCH3 is 1. The normalized spacial score (nSPS) is 14.8. The molecule has 2 aromatic heterocycles. The quantitative estimate of drug-likeness (QED) is 0.603. The fourth-order valence-electron chi connectivity index (χ4n) is 3.53. The molecule has 0 N–H and O–H groups in total. The van der Waals surface area contributed by atoms with Crippen molar-refractivity contribution < 1.29 is 9.53 Å². The minimum absolute atomic E-state index is 0.0684. The van der Waals surface area contributed by atoms with Crippen LogP contribution in [0.15, 0.2) is 47.9 Å². The molecule has 0 unspecified atom stereocenters. The number of benzene rings is 1. The van der Waals surface area contributed by atoms with Crippen LogP contribution in [-0.2, 0) is 4.74 Å². The second-order valence-electron chi connectivity index (χ2n) is 6.66. The summed E-state index contributed by atoms with van der Waals surface area (Å²) in [6, 6.07) is 6.88. The average molecular weight is 415 g/mol. The monoisotopic (exact) mass is 414 g/mol. The van der Waals surface area contributed by atoms with Crippen LogP contribution in [0, 0.1) is 0 Å². The van der Waals surface area contributed by atoms with E-state index in [2.05, 4.69) is 15.2 Å². The smallest absolute Gasteiger partial charge is 0.340 e. The summed E-state index contributed by atoms with van der Waals surface area (Å²) in [7, 11) is 1.29. The lowest BCUT2D eigenvalue weighted by Gasteiger charge is -2.33. The first-order valence-corrected chi connectivity index (χ1v) is 9.52. The molecule has 1 aliphatic rings. The number of rotatable bonds is 4. The maximum absolute atomic E-state index is 12.9. The summed E-state index contributed by atoms with van der Waals surface area (Å²) in [6.07, 6.45) is 6.52. The zero-order chi connectivity index (χ0) is 20.4. The Morgan fingerprint density at radius 2 is 1.93 bits per heavy atom. The Kier molecular flexibility index (Phi) is 5.30. The van der Waals surface area contributed by atoms with Gasteiger partial charge in [0.15, 0.2) is 0 Å². The standard InChI is InChI=1S/C19H19ClN6O3/c1-29-19(28)14-4-2-3-5-15(14)26-18(27)17(20)16(10-22-26)24-8-6-13(7-9-24)25-12-21-11-23-25/h2-5,10-13H,6-9H2,1H3. The maximum Gasteiger partial charge on any atom is 0.340 e. The molecule has 1 aliphatic heterocycles. The van der Waals surface area contributed by atoms with Gasteiger partial charge in [0.1, 0.15) is 17.7 Å². The van der Waals surface area contributed by atoms with E-state index in [0.717, 1.165) is 17.5 Å². The molecular weight excluding hydrogens is 396 g/mol. The second kappa shape index (κ2) is 8.04. The van der Waals surface area contributed by atoms with Crippen molar-refractivity contribution in [1.29, 1.82) is 0 Å². The van der Waals surface area contributed by atoms with Gasteiger partial charge in [0, 0.05) is 13.1 Å². The van der Waals surface area contributed by atoms with E-state index in [9.17, 15) is 9.59 Å². The number of ether oxygens (including phenoxy) is 1. The number of anilines is 1. The highest BCUT2D eigenvalue weighted by molar-refractivity contribution is 6.33. The molecule has 29 heavy (non-hydrogen) atoms. The van der Waals surface area contributed by atoms with Crippen LogP contribution in [0.2, 0.25) is 5.02 Å². The topological polar surface area (TPSA) is 95.1 Å². The summed E-state index contributed by atoms with van der Waals surface area (Å²) >= 11 is 6.42. The van der Waals surface area contributed by atoms with Crippen molar-refractivity contribution in [2.75, 3.05) is 25.1 Å². The van der Waals surface area contributed by atoms with Gasteiger partial charge in [-0.05, 0) is 25.0 Å². The van der Waals surface area contributed by atoms with E-state index < -0.39 is 11.5 Å². The van der Waals surface area contributed by atoms with Gasteiger partial charge in [0.25, 0.3) is 5.56 Å². The number of halogens is 1. The number of carbonyl (C=O) groups excluding carboxylic acids is 1. The number of esters is 1. The molecule has 0 atom stereocenters. The van der Waals surface area contributed by atoms with Gasteiger partial charge < -0.3 is 9.64 Å². The number of para-hydroxylation sites is 1. The number of carbonyl (C=O) groups is 1. The fraction of sp³-hybridized carbons (Fsp3) is 0.316. The third kappa shape index (κ3) is 3.61. The molecule has 3 aromatic rings. The molecule has 10 heteroatoms. The van der Waals surface area contributed by atoms with Gasteiger partial charge >= 0.3 is 5.97 Å². The Labute approximate surface area is 171 Å². The minimum atomic E-state index is -0.551. The lowest BCUT2D eigenvalue weighted by Crippen LogP contribution is -2.36. The number of hydrogen-bond donors (Lipinski definition) is 0. The summed E-state index contributed by atoms with van der Waals surface area (Å²) in [4.78, 5) is 31.0. The van der Waals surface area contributed by atoms with Gasteiger partial charge in [-0.3, -0.25) is 4.79 Å². The zero-order valence-corrected chi connectivity index (χ0v) is 16.5. The van der Waals surface area contributed by atoms with Gasteiger partial charge in [-0.1, -0.05) is 23.7 Å². The van der Waals surface area contributed by atoms with Gasteiger partial charge in [0.05, 0.1) is 36.3 Å². The largest absolute Gasteiger partial charge is 0.465 e. The molecule has 3 heterocycles. The van der Waals surface area contributed by atoms with E-state index in [0.29, 0.717) is 24.5 Å². The van der Waals surface area contributed by atoms with Crippen LogP contribution in [0.5, 0.6) is 0 Å². The van der Waals surface area contributed by atoms with Crippen LogP contribution in [0.25, 0.3) is 5.69 Å². The van der Waals surface area contributed by atoms with Crippen molar-refractivity contribution in [2.45, 2.75) is 18.9 Å². The van der Waals surface area contributed by atoms with Gasteiger partial charge in [-0.2, -0.15) is 14.9 Å². The molecule has 9 nitrogen and oxygen atoms in total. The molecule has 150 valence electrons. The zero-order valence-electron chi connectivity index (χ0n) is 15.7. The molecule has 1 saturated heterocycles. The Morgan fingerprint density at radius 1 is 1.17 bits per heavy atom. The summed E-state index contributed by atoms with van der Waals surface area (Å²) in [5.74, 6) is -0.551. The predicted octanol–water partition coefficient (Wildman–Crippen LogP) is 2.11. The van der Waals surface area contributed by atoms with Gasteiger partial charge in [-0.25, -0.2) is 14.5 Å². The Hall–Kier alpha value is -3.20. The molecule has 0 spiro atoms. The first-order valence-electron chi connectivity index (χ1n) is 9.14. The average Bonchev–Trinajstić information content (AvgIpc) is 3.30. The van der Waals surface area contributed by atoms with E-state index in [1.54, 1.807) is 36.8 Å². The van der Waals surface area contributed by atoms with Crippen LogP contribution >= 0.6 is 11.6 Å². The van der Waals surface area contributed by atoms with Gasteiger partial charge in [-0.15, -0.1) is 0 Å². The third-order valence-electron chi connectivity index (χ3n) is 5.05. The van der Waals surface area contributed by atoms with Crippen molar-refractivity contribution in [2.24, 2.45) is 0 Å². The lowest BCUT2D eigenvalue weighted by atomic mass is 10.1. The number of aromatic nitrogens is 5. The van der Waals surface area contributed by atoms with E-state index in [4.69, 9.17) is 16.3 Å². The number of nitrogens with zero attached hydrogens (tertiary/aromatic N) is 6. The molecule has 0 saturated carbocycles. The van der Waals surface area contributed by atoms with Crippen LogP contribution in [0.1, 0.15) is 29.2 Å². The van der Waals surface area contributed by atoms with E-state index in [1.165, 1.54) is 13.4 Å². The fourth-order valence-corrected chi connectivity index (χ4v) is 3.78. The molecular formula is C19H19ClN6O3. The number of piperidine rings is 1. The van der Waals surface area contributed by atoms with Crippen LogP contribution in [-0.4, -0.2) is 50.7 Å². The van der Waals surface area contributed by atoms with Crippen LogP contribution < -0.4 is 10.5 Å². The van der Waals surface area contributed by atoms with Crippen molar-refractivity contribution in [3.05, 3.63) is 64.1 Å². The van der Waals surface area contributed by atoms with Crippen molar-refractivity contribution in [1.82, 2.24) is 24.5 Å². The highest BCUT2D eigenvalue weighted by Crippen LogP contribution is 2.29. The minimum Gasteiger partial charge on any atom is -0.465 e. The SMILES string of the molecule is COC(=O)c1ccccc1-n1ncc(N2CCC(n3cncn3)CC2)c(Cl)c1=O. The molecule has 0 radical (unpaired) electrons. The van der Waals surface area contributed by atoms with Gasteiger partial charge in [0.2, 0.25) is 0 Å². The molecule has 0 amide bonds. The van der Waals surface area contributed by atoms with Crippen molar-refractivity contribution in [3.8, 4) is 5.69 Å². The third-order valence-corrected chi connectivity index (χ3v) is 5.41. The Bertz CT molecular complexity index is 1070. The maximum atomic E-state index is 12.9. The molecule has 0 aliphatic carbocycles. The molecule has 1 aromatic carbocycles. The van der Waals surface area contributed by atoms with Crippen LogP contribution in [0.4, 0.5) is 5.69 Å². The number of hydrogen-bond acceptors (Lipinski definition) is 7. The second-order valence-corrected chi connectivity index (χ2v) is 7.04. The van der Waals surface area contributed by atoms with Crippen molar-refractivity contribution in [3.63, 3.8) is 0 Å². The predicted molar refractivity (Wildman–Crippen MR) is 107 cm³/mol. The summed E-state index contributed by atoms with van der Waals surface area (Å²) in [5, 5.41) is 8.54. The van der Waals surface area contributed by atoms with E-state index in [1.807, 2.05) is 9.58 Å². The van der Waals surface area contributed by atoms with E-state index in [-0.39, 0.29) is 16.6 Å². The Balaban J connectivity index is 1.61. The highest BCUT2D eigenvalue weighted by atomic mass is 35.5. The summed E-state index contributed by atoms with van der Waals surface area (Å²) in [5.41, 5.74) is 0.657. The lowest BCUT2D eigenvalue weighted by molar-refractivity contribution is 0.0600.